The van der Waals surface area contributed by atoms with Gasteiger partial charge >= 0.3 is 0 Å². The van der Waals surface area contributed by atoms with Gasteiger partial charge in [0.1, 0.15) is 17.5 Å². The molecule has 0 saturated heterocycles. The van der Waals surface area contributed by atoms with E-state index >= 15 is 0 Å². The van der Waals surface area contributed by atoms with Crippen LogP contribution in [0.1, 0.15) is 5.69 Å². The quantitative estimate of drug-likeness (QED) is 0.633. The molecule has 84 valence electrons. The number of hydrogen-bond donors (Lipinski definition) is 2. The molecule has 0 aliphatic rings. The maximum absolute atomic E-state index is 5.71. The fraction of sp³-hybridized carbons (Fsp3) is 0.100. The lowest BCUT2D eigenvalue weighted by Gasteiger charge is -1.94. The van der Waals surface area contributed by atoms with Gasteiger partial charge in [-0.25, -0.2) is 19.9 Å². The van der Waals surface area contributed by atoms with Gasteiger partial charge in [-0.2, -0.15) is 0 Å². The van der Waals surface area contributed by atoms with Crippen LogP contribution in [-0.2, 0) is 0 Å². The Kier molecular flexibility index (Phi) is 1.97. The van der Waals surface area contributed by atoms with Crippen LogP contribution >= 0.6 is 0 Å². The van der Waals surface area contributed by atoms with E-state index in [0.29, 0.717) is 28.5 Å². The molecule has 0 saturated carbocycles. The van der Waals surface area contributed by atoms with Gasteiger partial charge in [0.15, 0.2) is 17.3 Å². The van der Waals surface area contributed by atoms with Crippen LogP contribution < -0.4 is 5.73 Å². The topological polar surface area (TPSA) is 106 Å². The molecule has 0 radical (unpaired) electrons. The van der Waals surface area contributed by atoms with E-state index in [9.17, 15) is 0 Å². The van der Waals surface area contributed by atoms with Crippen molar-refractivity contribution in [2.24, 2.45) is 0 Å². The Morgan fingerprint density at radius 2 is 2.00 bits per heavy atom. The number of fused-ring (bicyclic) bond motifs is 1. The van der Waals surface area contributed by atoms with Crippen LogP contribution in [0, 0.1) is 6.92 Å². The highest BCUT2D eigenvalue weighted by Crippen LogP contribution is 2.19. The molecule has 0 aliphatic carbocycles. The Balaban J connectivity index is 2.18. The first-order chi connectivity index (χ1) is 8.24. The van der Waals surface area contributed by atoms with Crippen molar-refractivity contribution in [3.63, 3.8) is 0 Å². The fourth-order valence-electron chi connectivity index (χ4n) is 1.48. The van der Waals surface area contributed by atoms with Crippen molar-refractivity contribution in [1.82, 2.24) is 29.9 Å². The van der Waals surface area contributed by atoms with Crippen LogP contribution in [0.4, 0.5) is 5.82 Å². The lowest BCUT2D eigenvalue weighted by Crippen LogP contribution is -1.92. The van der Waals surface area contributed by atoms with Crippen molar-refractivity contribution >= 4 is 17.0 Å². The minimum Gasteiger partial charge on any atom is -0.382 e. The number of aromatic amines is 1. The van der Waals surface area contributed by atoms with Crippen molar-refractivity contribution < 1.29 is 0 Å². The SMILES string of the molecule is Cc1cnc(-c2nc3ncnc(N)c3[nH]2)cn1. The maximum atomic E-state index is 5.71. The van der Waals surface area contributed by atoms with Crippen LogP contribution in [-0.4, -0.2) is 29.9 Å². The fourth-order valence-corrected chi connectivity index (χ4v) is 1.48. The smallest absolute Gasteiger partial charge is 0.183 e. The van der Waals surface area contributed by atoms with Crippen molar-refractivity contribution in [3.8, 4) is 11.5 Å². The van der Waals surface area contributed by atoms with E-state index < -0.39 is 0 Å². The van der Waals surface area contributed by atoms with Gasteiger partial charge in [0, 0.05) is 6.20 Å². The largest absolute Gasteiger partial charge is 0.382 e. The summed E-state index contributed by atoms with van der Waals surface area (Å²) in [6.45, 7) is 1.87. The van der Waals surface area contributed by atoms with Crippen LogP contribution in [0.5, 0.6) is 0 Å². The zero-order valence-electron chi connectivity index (χ0n) is 9.05. The average Bonchev–Trinajstić information content (AvgIpc) is 2.75. The highest BCUT2D eigenvalue weighted by molar-refractivity contribution is 5.83. The molecule has 0 spiro atoms. The lowest BCUT2D eigenvalue weighted by atomic mass is 10.4. The monoisotopic (exact) mass is 227 g/mol. The minimum absolute atomic E-state index is 0.369. The first-order valence-electron chi connectivity index (χ1n) is 4.99. The van der Waals surface area contributed by atoms with Crippen molar-refractivity contribution in [3.05, 3.63) is 24.4 Å². The molecular formula is C10H9N7. The standard InChI is InChI=1S/C10H9N7/c1-5-2-13-6(3-12-5)9-16-7-8(11)14-4-15-10(7)17-9/h2-4H,1H3,(H3,11,14,15,16,17). The summed E-state index contributed by atoms with van der Waals surface area (Å²) < 4.78 is 0. The number of rotatable bonds is 1. The van der Waals surface area contributed by atoms with Gasteiger partial charge in [0.25, 0.3) is 0 Å². The third-order valence-electron chi connectivity index (χ3n) is 2.34. The third kappa shape index (κ3) is 1.57. The number of nitrogens with zero attached hydrogens (tertiary/aromatic N) is 5. The zero-order chi connectivity index (χ0) is 11.8. The predicted octanol–water partition coefficient (Wildman–Crippen LogP) is 0.701. The Bertz CT molecular complexity index is 671. The Morgan fingerprint density at radius 1 is 1.12 bits per heavy atom. The van der Waals surface area contributed by atoms with Crippen LogP contribution in [0.25, 0.3) is 22.7 Å². The molecule has 7 nitrogen and oxygen atoms in total. The number of nitrogens with two attached hydrogens (primary N) is 1. The Morgan fingerprint density at radius 3 is 2.71 bits per heavy atom. The van der Waals surface area contributed by atoms with E-state index in [4.69, 9.17) is 5.73 Å². The zero-order valence-corrected chi connectivity index (χ0v) is 9.05. The average molecular weight is 227 g/mol. The summed E-state index contributed by atoms with van der Waals surface area (Å²) in [6.07, 6.45) is 4.71. The second kappa shape index (κ2) is 3.48. The van der Waals surface area contributed by atoms with Gasteiger partial charge in [-0.15, -0.1) is 0 Å². The molecule has 3 rings (SSSR count). The Labute approximate surface area is 96.2 Å². The van der Waals surface area contributed by atoms with E-state index in [1.54, 1.807) is 12.4 Å². The molecule has 0 unspecified atom stereocenters. The van der Waals surface area contributed by atoms with Gasteiger partial charge in [-0.3, -0.25) is 4.98 Å². The molecule has 0 aliphatic heterocycles. The lowest BCUT2D eigenvalue weighted by molar-refractivity contribution is 1.10. The molecule has 0 bridgehead atoms. The summed E-state index contributed by atoms with van der Waals surface area (Å²) in [5.74, 6) is 0.952. The number of aryl methyl sites for hydroxylation is 1. The summed E-state index contributed by atoms with van der Waals surface area (Å²) >= 11 is 0. The van der Waals surface area contributed by atoms with Gasteiger partial charge in [-0.05, 0) is 6.92 Å². The molecule has 3 aromatic heterocycles. The molecule has 17 heavy (non-hydrogen) atoms. The maximum Gasteiger partial charge on any atom is 0.183 e. The number of H-pyrrole nitrogens is 1. The molecule has 3 heterocycles. The minimum atomic E-state index is 0.369. The number of hydrogen-bond acceptors (Lipinski definition) is 6. The van der Waals surface area contributed by atoms with E-state index in [1.807, 2.05) is 6.92 Å². The van der Waals surface area contributed by atoms with Crippen molar-refractivity contribution in [1.29, 1.82) is 0 Å². The van der Waals surface area contributed by atoms with Crippen LogP contribution in [0.15, 0.2) is 18.7 Å². The molecule has 0 aromatic carbocycles. The molecule has 0 fully saturated rings. The predicted molar refractivity (Wildman–Crippen MR) is 61.9 cm³/mol. The van der Waals surface area contributed by atoms with E-state index in [1.165, 1.54) is 6.33 Å². The molecule has 7 heteroatoms. The molecule has 0 amide bonds. The Hall–Kier alpha value is -2.57. The first-order valence-corrected chi connectivity index (χ1v) is 4.99. The second-order valence-electron chi connectivity index (χ2n) is 3.59. The molecular weight excluding hydrogens is 218 g/mol. The van der Waals surface area contributed by atoms with E-state index in [-0.39, 0.29) is 0 Å². The van der Waals surface area contributed by atoms with E-state index in [2.05, 4.69) is 29.9 Å². The van der Waals surface area contributed by atoms with Crippen molar-refractivity contribution in [2.45, 2.75) is 6.92 Å². The van der Waals surface area contributed by atoms with E-state index in [0.717, 1.165) is 5.69 Å². The van der Waals surface area contributed by atoms with Gasteiger partial charge < -0.3 is 10.7 Å². The summed E-state index contributed by atoms with van der Waals surface area (Å²) in [7, 11) is 0. The summed E-state index contributed by atoms with van der Waals surface area (Å²) in [5.41, 5.74) is 8.35. The number of anilines is 1. The first kappa shape index (κ1) is 9.64. The number of aromatic nitrogens is 6. The highest BCUT2D eigenvalue weighted by Gasteiger charge is 2.09. The van der Waals surface area contributed by atoms with Crippen molar-refractivity contribution in [2.75, 3.05) is 5.73 Å². The van der Waals surface area contributed by atoms with Gasteiger partial charge in [0.05, 0.1) is 11.9 Å². The summed E-state index contributed by atoms with van der Waals surface area (Å²) in [6, 6.07) is 0. The number of nitrogens with one attached hydrogen (secondary N) is 1. The summed E-state index contributed by atoms with van der Waals surface area (Å²) in [4.78, 5) is 23.6. The normalized spacial score (nSPS) is 10.9. The third-order valence-corrected chi connectivity index (χ3v) is 2.34. The second-order valence-corrected chi connectivity index (χ2v) is 3.59. The number of imidazole rings is 1. The van der Waals surface area contributed by atoms with Gasteiger partial charge in [-0.1, -0.05) is 0 Å². The van der Waals surface area contributed by atoms with Gasteiger partial charge in [0.2, 0.25) is 0 Å². The highest BCUT2D eigenvalue weighted by atomic mass is 15.1. The molecule has 3 N–H and O–H groups in total. The molecule has 0 atom stereocenters. The number of nitrogen functional groups attached to an aromatic ring is 1. The summed E-state index contributed by atoms with van der Waals surface area (Å²) in [5, 5.41) is 0. The molecule has 3 aromatic rings. The van der Waals surface area contributed by atoms with Crippen LogP contribution in [0.2, 0.25) is 0 Å². The van der Waals surface area contributed by atoms with Crippen LogP contribution in [0.3, 0.4) is 0 Å².